The largest absolute Gasteiger partial charge is 0.494 e. The number of benzene rings is 6. The number of halogens is 10. The highest BCUT2D eigenvalue weighted by Gasteiger charge is 2.81. The number of carbonyl (C=O) groups is 4. The van der Waals surface area contributed by atoms with Crippen LogP contribution in [0.3, 0.4) is 0 Å². The van der Waals surface area contributed by atoms with Crippen LogP contribution in [0.1, 0.15) is 138 Å². The van der Waals surface area contributed by atoms with Crippen LogP contribution in [0.2, 0.25) is 5.02 Å². The van der Waals surface area contributed by atoms with E-state index in [9.17, 15) is 58.7 Å². The topological polar surface area (TPSA) is 124 Å². The summed E-state index contributed by atoms with van der Waals surface area (Å²) < 4.78 is 151. The first-order chi connectivity index (χ1) is 38.6. The third-order valence-electron chi connectivity index (χ3n) is 12.8. The number of allylic oxidation sites excluding steroid dienone is 1. The molecule has 0 aromatic heterocycles. The molecule has 0 saturated carbocycles. The maximum atomic E-state index is 13.7. The van der Waals surface area contributed by atoms with Crippen LogP contribution in [-0.2, 0) is 0 Å². The van der Waals surface area contributed by atoms with Crippen LogP contribution in [0.15, 0.2) is 140 Å². The summed E-state index contributed by atoms with van der Waals surface area (Å²) in [6, 6.07) is 31.9. The van der Waals surface area contributed by atoms with E-state index < -0.39 is 60.7 Å². The summed E-state index contributed by atoms with van der Waals surface area (Å²) in [6.07, 6.45) is 3.31. The van der Waals surface area contributed by atoms with Gasteiger partial charge in [-0.2, -0.15) is 39.5 Å². The number of rotatable bonds is 31. The lowest BCUT2D eigenvalue weighted by Gasteiger charge is -2.33. The number of unbranched alkanes of at least 4 members (excludes halogenated alkanes) is 12. The number of esters is 4. The van der Waals surface area contributed by atoms with Crippen LogP contribution < -0.4 is 28.4 Å². The third kappa shape index (κ3) is 17.7. The summed E-state index contributed by atoms with van der Waals surface area (Å²) in [7, 11) is 0. The van der Waals surface area contributed by atoms with Gasteiger partial charge in [0.25, 0.3) is 0 Å². The predicted octanol–water partition coefficient (Wildman–Crippen LogP) is 17.6. The van der Waals surface area contributed by atoms with Gasteiger partial charge in [0.2, 0.25) is 0 Å². The third-order valence-corrected chi connectivity index (χ3v) is 13.2. The molecule has 432 valence electrons. The van der Waals surface area contributed by atoms with Gasteiger partial charge in [0.05, 0.1) is 40.5 Å². The number of carbonyl (C=O) groups excluding carboxylic acids is 4. The SMILES string of the molecule is C=CCCCCCCCCCOc1ccc(C(=O)Oc2ccc(C(=O)Oc3ccc4ccc(OC(=O)c5ccc(OC(=O)c6ccc(OCCCCCCCCC(F)(F)C(F)(F)C(F)(F)C(F)(F)F)cc6)cc5)c(Cl)c4c3)cc2)cc1. The van der Waals surface area contributed by atoms with E-state index in [1.54, 1.807) is 42.5 Å². The van der Waals surface area contributed by atoms with Crippen molar-refractivity contribution in [1.82, 2.24) is 0 Å². The molecule has 0 radical (unpaired) electrons. The smallest absolute Gasteiger partial charge is 0.460 e. The summed E-state index contributed by atoms with van der Waals surface area (Å²) in [4.78, 5) is 52.1. The monoisotopic (exact) mass is 1160 g/mol. The summed E-state index contributed by atoms with van der Waals surface area (Å²) in [5, 5.41) is 1.13. The minimum Gasteiger partial charge on any atom is -0.494 e. The molecule has 20 heteroatoms. The van der Waals surface area contributed by atoms with Crippen LogP contribution in [-0.4, -0.2) is 61.0 Å². The Kier molecular flexibility index (Phi) is 22.6. The van der Waals surface area contributed by atoms with Crippen molar-refractivity contribution < 1.29 is 87.1 Å². The van der Waals surface area contributed by atoms with Gasteiger partial charge in [0, 0.05) is 11.8 Å². The molecule has 0 atom stereocenters. The number of hydrogen-bond donors (Lipinski definition) is 0. The number of alkyl halides is 9. The molecule has 0 fully saturated rings. The maximum Gasteiger partial charge on any atom is 0.460 e. The molecule has 0 aliphatic heterocycles. The van der Waals surface area contributed by atoms with E-state index in [2.05, 4.69) is 6.58 Å². The quantitative estimate of drug-likeness (QED) is 0.0137. The van der Waals surface area contributed by atoms with Gasteiger partial charge in [-0.1, -0.05) is 87.6 Å². The Morgan fingerprint density at radius 1 is 0.420 bits per heavy atom. The van der Waals surface area contributed by atoms with E-state index in [0.29, 0.717) is 53.7 Å². The van der Waals surface area contributed by atoms with Crippen LogP contribution in [0.25, 0.3) is 10.8 Å². The Hall–Kier alpha value is -7.54. The van der Waals surface area contributed by atoms with E-state index in [1.807, 2.05) is 6.08 Å². The molecule has 0 saturated heterocycles. The molecule has 0 bridgehead atoms. The van der Waals surface area contributed by atoms with Crippen molar-refractivity contribution in [2.45, 2.75) is 120 Å². The second-order valence-electron chi connectivity index (χ2n) is 18.9. The minimum atomic E-state index is -6.89. The molecule has 81 heavy (non-hydrogen) atoms. The minimum absolute atomic E-state index is 0.0134. The van der Waals surface area contributed by atoms with Gasteiger partial charge in [-0.05, 0) is 153 Å². The molecule has 6 rings (SSSR count). The van der Waals surface area contributed by atoms with Gasteiger partial charge >= 0.3 is 47.8 Å². The Labute approximate surface area is 467 Å². The van der Waals surface area contributed by atoms with Crippen molar-refractivity contribution in [3.8, 4) is 34.5 Å². The zero-order chi connectivity index (χ0) is 58.6. The van der Waals surface area contributed by atoms with Crippen molar-refractivity contribution in [3.05, 3.63) is 167 Å². The van der Waals surface area contributed by atoms with E-state index in [1.165, 1.54) is 117 Å². The van der Waals surface area contributed by atoms with Gasteiger partial charge in [0.1, 0.15) is 34.5 Å². The Balaban J connectivity index is 0.891. The van der Waals surface area contributed by atoms with E-state index in [-0.39, 0.29) is 64.2 Å². The molecule has 10 nitrogen and oxygen atoms in total. The zero-order valence-electron chi connectivity index (χ0n) is 43.8. The van der Waals surface area contributed by atoms with Crippen molar-refractivity contribution in [2.75, 3.05) is 13.2 Å². The van der Waals surface area contributed by atoms with Gasteiger partial charge in [0.15, 0.2) is 0 Å². The van der Waals surface area contributed by atoms with Crippen LogP contribution in [0.5, 0.6) is 34.5 Å². The average Bonchev–Trinajstić information content (AvgIpc) is 3.63. The van der Waals surface area contributed by atoms with E-state index in [4.69, 9.17) is 40.0 Å². The fourth-order valence-corrected chi connectivity index (χ4v) is 8.37. The van der Waals surface area contributed by atoms with Crippen molar-refractivity contribution >= 4 is 46.3 Å². The molecule has 6 aromatic carbocycles. The normalized spacial score (nSPS) is 11.9. The molecule has 0 spiro atoms. The lowest BCUT2D eigenvalue weighted by atomic mass is 9.98. The Morgan fingerprint density at radius 3 is 1.21 bits per heavy atom. The van der Waals surface area contributed by atoms with Gasteiger partial charge in [-0.15, -0.1) is 6.58 Å². The molecule has 6 aromatic rings. The highest BCUT2D eigenvalue weighted by atomic mass is 35.5. The van der Waals surface area contributed by atoms with Crippen molar-refractivity contribution in [1.29, 1.82) is 0 Å². The lowest BCUT2D eigenvalue weighted by molar-refractivity contribution is -0.396. The first kappa shape index (κ1) is 62.7. The van der Waals surface area contributed by atoms with E-state index >= 15 is 0 Å². The number of hydrogen-bond acceptors (Lipinski definition) is 10. The first-order valence-electron chi connectivity index (χ1n) is 26.2. The van der Waals surface area contributed by atoms with Crippen molar-refractivity contribution in [2.24, 2.45) is 0 Å². The molecule has 0 aliphatic carbocycles. The highest BCUT2D eigenvalue weighted by molar-refractivity contribution is 6.37. The summed E-state index contributed by atoms with van der Waals surface area (Å²) >= 11 is 6.71. The zero-order valence-corrected chi connectivity index (χ0v) is 44.5. The van der Waals surface area contributed by atoms with Crippen LogP contribution in [0, 0.1) is 0 Å². The summed E-state index contributed by atoms with van der Waals surface area (Å²) in [5.41, 5.74) is 0.758. The van der Waals surface area contributed by atoms with Crippen LogP contribution >= 0.6 is 11.6 Å². The van der Waals surface area contributed by atoms with Crippen LogP contribution in [0.4, 0.5) is 39.5 Å². The fraction of sp³-hybridized carbons (Fsp3) is 0.344. The number of fused-ring (bicyclic) bond motifs is 1. The molecule has 0 unspecified atom stereocenters. The highest BCUT2D eigenvalue weighted by Crippen LogP contribution is 2.54. The summed E-state index contributed by atoms with van der Waals surface area (Å²) in [5.74, 6) is -20.3. The molecule has 0 amide bonds. The van der Waals surface area contributed by atoms with Crippen molar-refractivity contribution in [3.63, 3.8) is 0 Å². The standard InChI is InChI=1S/C61H58ClF9O10/c1-2-3-4-5-6-7-9-12-15-38-76-46-27-18-42(19-28-46)54(72)78-48-31-22-44(23-32-48)56(74)80-50-35-17-41-26-36-52(53(62)51(41)40-50)81-57(75)45-24-33-49(34-25-45)79-55(73)43-20-29-47(30-21-43)77-39-16-13-10-8-11-14-37-58(63,64)59(65,66)60(67,68)61(69,70)71/h2,17-36,40H,1,3-16,37-39H2. The molecular weight excluding hydrogens is 1100 g/mol. The molecule has 0 N–H and O–H groups in total. The second-order valence-corrected chi connectivity index (χ2v) is 19.3. The van der Waals surface area contributed by atoms with Gasteiger partial charge < -0.3 is 28.4 Å². The Bertz CT molecular complexity index is 3040. The maximum absolute atomic E-state index is 13.7. The predicted molar refractivity (Wildman–Crippen MR) is 286 cm³/mol. The molecular formula is C61H58ClF9O10. The Morgan fingerprint density at radius 2 is 0.778 bits per heavy atom. The lowest BCUT2D eigenvalue weighted by Crippen LogP contribution is -2.60. The first-order valence-corrected chi connectivity index (χ1v) is 26.6. The number of ether oxygens (including phenoxy) is 6. The molecule has 0 heterocycles. The average molecular weight is 1160 g/mol. The van der Waals surface area contributed by atoms with Gasteiger partial charge in [-0.3, -0.25) is 0 Å². The molecule has 0 aliphatic rings. The van der Waals surface area contributed by atoms with Gasteiger partial charge in [-0.25, -0.2) is 19.2 Å². The van der Waals surface area contributed by atoms with E-state index in [0.717, 1.165) is 19.3 Å². The summed E-state index contributed by atoms with van der Waals surface area (Å²) in [6.45, 7) is 4.55. The fourth-order valence-electron chi connectivity index (χ4n) is 8.11. The second kappa shape index (κ2) is 29.3.